The standard InChI is InChI=1S/C15H17NO2S/c1-10-3-5-12(6-4-10)11(2)16-9-13-7-8-19-14(13)15(17)18/h3-8,11,16H,9H2,1-2H3,(H,17,18)/t11-/m0/s1. The van der Waals surface area contributed by atoms with Gasteiger partial charge in [0.15, 0.2) is 0 Å². The topological polar surface area (TPSA) is 49.3 Å². The van der Waals surface area contributed by atoms with E-state index >= 15 is 0 Å². The van der Waals surface area contributed by atoms with Crippen molar-refractivity contribution in [3.05, 3.63) is 57.3 Å². The lowest BCUT2D eigenvalue weighted by molar-refractivity contribution is 0.0701. The van der Waals surface area contributed by atoms with E-state index in [0.717, 1.165) is 5.56 Å². The molecule has 1 aromatic heterocycles. The zero-order valence-electron chi connectivity index (χ0n) is 11.0. The molecule has 4 heteroatoms. The quantitative estimate of drug-likeness (QED) is 0.876. The molecule has 1 heterocycles. The van der Waals surface area contributed by atoms with Crippen molar-refractivity contribution >= 4 is 17.3 Å². The SMILES string of the molecule is Cc1ccc([C@H](C)NCc2ccsc2C(=O)O)cc1. The molecule has 1 atom stereocenters. The Morgan fingerprint density at radius 2 is 2.00 bits per heavy atom. The monoisotopic (exact) mass is 275 g/mol. The molecule has 0 saturated heterocycles. The van der Waals surface area contributed by atoms with Crippen molar-refractivity contribution in [3.8, 4) is 0 Å². The molecular weight excluding hydrogens is 258 g/mol. The average molecular weight is 275 g/mol. The zero-order valence-corrected chi connectivity index (χ0v) is 11.8. The summed E-state index contributed by atoms with van der Waals surface area (Å²) in [5.74, 6) is -0.852. The lowest BCUT2D eigenvalue weighted by atomic mass is 10.1. The highest BCUT2D eigenvalue weighted by Crippen LogP contribution is 2.19. The lowest BCUT2D eigenvalue weighted by Crippen LogP contribution is -2.18. The van der Waals surface area contributed by atoms with Crippen molar-refractivity contribution in [2.24, 2.45) is 0 Å². The Morgan fingerprint density at radius 3 is 2.63 bits per heavy atom. The predicted octanol–water partition coefficient (Wildman–Crippen LogP) is 3.61. The minimum Gasteiger partial charge on any atom is -0.477 e. The number of hydrogen-bond acceptors (Lipinski definition) is 3. The second-order valence-electron chi connectivity index (χ2n) is 4.59. The Bertz CT molecular complexity index is 560. The fourth-order valence-corrected chi connectivity index (χ4v) is 2.66. The van der Waals surface area contributed by atoms with Crippen LogP contribution in [0, 0.1) is 6.92 Å². The van der Waals surface area contributed by atoms with Crippen molar-refractivity contribution in [2.45, 2.75) is 26.4 Å². The molecule has 1 aromatic carbocycles. The van der Waals surface area contributed by atoms with Gasteiger partial charge in [0.2, 0.25) is 0 Å². The molecular formula is C15H17NO2S. The van der Waals surface area contributed by atoms with Gasteiger partial charge in [-0.25, -0.2) is 4.79 Å². The van der Waals surface area contributed by atoms with E-state index < -0.39 is 5.97 Å². The van der Waals surface area contributed by atoms with Crippen molar-refractivity contribution in [1.82, 2.24) is 5.32 Å². The number of carboxylic acids is 1. The molecule has 2 N–H and O–H groups in total. The highest BCUT2D eigenvalue weighted by molar-refractivity contribution is 7.12. The third kappa shape index (κ3) is 3.43. The first kappa shape index (κ1) is 13.8. The number of nitrogens with one attached hydrogen (secondary N) is 1. The predicted molar refractivity (Wildman–Crippen MR) is 77.7 cm³/mol. The molecule has 3 nitrogen and oxygen atoms in total. The fourth-order valence-electron chi connectivity index (χ4n) is 1.90. The maximum Gasteiger partial charge on any atom is 0.346 e. The molecule has 19 heavy (non-hydrogen) atoms. The molecule has 2 aromatic rings. The van der Waals surface area contributed by atoms with Crippen LogP contribution in [0.15, 0.2) is 35.7 Å². The number of carbonyl (C=O) groups is 1. The first-order valence-electron chi connectivity index (χ1n) is 6.17. The van der Waals surface area contributed by atoms with Gasteiger partial charge in [-0.1, -0.05) is 29.8 Å². The van der Waals surface area contributed by atoms with E-state index in [9.17, 15) is 4.79 Å². The number of thiophene rings is 1. The van der Waals surface area contributed by atoms with Crippen LogP contribution in [-0.4, -0.2) is 11.1 Å². The molecule has 0 bridgehead atoms. The van der Waals surface area contributed by atoms with E-state index in [1.807, 2.05) is 11.4 Å². The van der Waals surface area contributed by atoms with E-state index in [4.69, 9.17) is 5.11 Å². The van der Waals surface area contributed by atoms with E-state index in [0.29, 0.717) is 11.4 Å². The average Bonchev–Trinajstić information content (AvgIpc) is 2.85. The van der Waals surface area contributed by atoms with Crippen LogP contribution in [0.4, 0.5) is 0 Å². The van der Waals surface area contributed by atoms with Crippen molar-refractivity contribution in [2.75, 3.05) is 0 Å². The van der Waals surface area contributed by atoms with Crippen LogP contribution in [0.2, 0.25) is 0 Å². The van der Waals surface area contributed by atoms with Crippen LogP contribution in [-0.2, 0) is 6.54 Å². The maximum absolute atomic E-state index is 11.0. The van der Waals surface area contributed by atoms with Crippen LogP contribution in [0.1, 0.15) is 39.3 Å². The molecule has 0 aliphatic carbocycles. The number of aromatic carboxylic acids is 1. The van der Waals surface area contributed by atoms with Gasteiger partial charge >= 0.3 is 5.97 Å². The van der Waals surface area contributed by atoms with Gasteiger partial charge in [-0.15, -0.1) is 11.3 Å². The van der Waals surface area contributed by atoms with Gasteiger partial charge in [0.05, 0.1) is 0 Å². The van der Waals surface area contributed by atoms with Gasteiger partial charge in [-0.2, -0.15) is 0 Å². The summed E-state index contributed by atoms with van der Waals surface area (Å²) in [6.07, 6.45) is 0. The number of benzene rings is 1. The summed E-state index contributed by atoms with van der Waals surface area (Å²) >= 11 is 1.27. The second kappa shape index (κ2) is 5.99. The number of hydrogen-bond donors (Lipinski definition) is 2. The maximum atomic E-state index is 11.0. The highest BCUT2D eigenvalue weighted by atomic mass is 32.1. The Hall–Kier alpha value is -1.65. The summed E-state index contributed by atoms with van der Waals surface area (Å²) in [6.45, 7) is 4.71. The van der Waals surface area contributed by atoms with E-state index in [2.05, 4.69) is 43.4 Å². The van der Waals surface area contributed by atoms with Crippen LogP contribution in [0.5, 0.6) is 0 Å². The third-order valence-corrected chi connectivity index (χ3v) is 4.06. The Kier molecular flexibility index (Phi) is 4.35. The van der Waals surface area contributed by atoms with Crippen LogP contribution >= 0.6 is 11.3 Å². The van der Waals surface area contributed by atoms with Gasteiger partial charge in [-0.05, 0) is 36.4 Å². The Morgan fingerprint density at radius 1 is 1.32 bits per heavy atom. The normalized spacial score (nSPS) is 12.3. The highest BCUT2D eigenvalue weighted by Gasteiger charge is 2.12. The smallest absolute Gasteiger partial charge is 0.346 e. The summed E-state index contributed by atoms with van der Waals surface area (Å²) in [7, 11) is 0. The minimum atomic E-state index is -0.852. The van der Waals surface area contributed by atoms with Crippen LogP contribution in [0.3, 0.4) is 0 Å². The molecule has 100 valence electrons. The van der Waals surface area contributed by atoms with Crippen molar-refractivity contribution in [1.29, 1.82) is 0 Å². The molecule has 0 saturated carbocycles. The molecule has 0 spiro atoms. The first-order chi connectivity index (χ1) is 9.08. The molecule has 0 amide bonds. The third-order valence-electron chi connectivity index (χ3n) is 3.12. The van der Waals surface area contributed by atoms with Gasteiger partial charge in [0, 0.05) is 12.6 Å². The molecule has 0 aliphatic heterocycles. The van der Waals surface area contributed by atoms with Crippen molar-refractivity contribution < 1.29 is 9.90 Å². The molecule has 0 fully saturated rings. The summed E-state index contributed by atoms with van der Waals surface area (Å²) in [5, 5.41) is 14.2. The summed E-state index contributed by atoms with van der Waals surface area (Å²) in [6, 6.07) is 10.4. The second-order valence-corrected chi connectivity index (χ2v) is 5.51. The van der Waals surface area contributed by atoms with E-state index in [-0.39, 0.29) is 6.04 Å². The fraction of sp³-hybridized carbons (Fsp3) is 0.267. The van der Waals surface area contributed by atoms with E-state index in [1.54, 1.807) is 0 Å². The summed E-state index contributed by atoms with van der Waals surface area (Å²) in [4.78, 5) is 11.4. The van der Waals surface area contributed by atoms with Crippen LogP contribution in [0.25, 0.3) is 0 Å². The minimum absolute atomic E-state index is 0.196. The number of aryl methyl sites for hydroxylation is 1. The largest absolute Gasteiger partial charge is 0.477 e. The molecule has 0 unspecified atom stereocenters. The number of carboxylic acid groups (broad SMARTS) is 1. The van der Waals surface area contributed by atoms with Crippen molar-refractivity contribution in [3.63, 3.8) is 0 Å². The lowest BCUT2D eigenvalue weighted by Gasteiger charge is -2.14. The Labute approximate surface area is 116 Å². The van der Waals surface area contributed by atoms with Gasteiger partial charge in [0.25, 0.3) is 0 Å². The zero-order chi connectivity index (χ0) is 13.8. The van der Waals surface area contributed by atoms with Gasteiger partial charge in [0.1, 0.15) is 4.88 Å². The summed E-state index contributed by atoms with van der Waals surface area (Å²) in [5.41, 5.74) is 3.29. The molecule has 0 radical (unpaired) electrons. The Balaban J connectivity index is 2.00. The number of rotatable bonds is 5. The van der Waals surface area contributed by atoms with Gasteiger partial charge < -0.3 is 10.4 Å². The molecule has 0 aliphatic rings. The first-order valence-corrected chi connectivity index (χ1v) is 7.05. The van der Waals surface area contributed by atoms with Gasteiger partial charge in [-0.3, -0.25) is 0 Å². The summed E-state index contributed by atoms with van der Waals surface area (Å²) < 4.78 is 0. The molecule has 2 rings (SSSR count). The van der Waals surface area contributed by atoms with E-state index in [1.165, 1.54) is 22.5 Å². The van der Waals surface area contributed by atoms with Crippen LogP contribution < -0.4 is 5.32 Å².